The van der Waals surface area contributed by atoms with Crippen LogP contribution in [0.3, 0.4) is 0 Å². The average molecular weight is 329 g/mol. The van der Waals surface area contributed by atoms with E-state index in [1.807, 2.05) is 0 Å². The minimum Gasteiger partial charge on any atom is -0.335 e. The molecule has 0 spiro atoms. The summed E-state index contributed by atoms with van der Waals surface area (Å²) in [5, 5.41) is 3.68. The SMILES string of the molecule is CS(=O)(=O)N1CCC(F)(c2nc(-c3ccc(F)cc3)no2)C1. The monoisotopic (exact) mass is 329 g/mol. The van der Waals surface area contributed by atoms with E-state index >= 15 is 0 Å². The van der Waals surface area contributed by atoms with Gasteiger partial charge in [0.05, 0.1) is 12.8 Å². The van der Waals surface area contributed by atoms with Gasteiger partial charge in [-0.1, -0.05) is 5.16 Å². The molecule has 1 atom stereocenters. The zero-order valence-corrected chi connectivity index (χ0v) is 12.5. The molecule has 3 rings (SSSR count). The Kier molecular flexibility index (Phi) is 3.48. The number of hydrogen-bond acceptors (Lipinski definition) is 5. The maximum Gasteiger partial charge on any atom is 0.266 e. The van der Waals surface area contributed by atoms with Gasteiger partial charge in [-0.05, 0) is 24.3 Å². The molecule has 1 aliphatic heterocycles. The van der Waals surface area contributed by atoms with Crippen molar-refractivity contribution < 1.29 is 21.7 Å². The number of aromatic nitrogens is 2. The summed E-state index contributed by atoms with van der Waals surface area (Å²) in [5.41, 5.74) is -1.52. The molecule has 1 aliphatic rings. The first-order valence-corrected chi connectivity index (χ1v) is 8.37. The number of benzene rings is 1. The predicted molar refractivity (Wildman–Crippen MR) is 73.5 cm³/mol. The van der Waals surface area contributed by atoms with E-state index in [1.54, 1.807) is 0 Å². The summed E-state index contributed by atoms with van der Waals surface area (Å²) in [7, 11) is -3.47. The van der Waals surface area contributed by atoms with Crippen LogP contribution in [0.5, 0.6) is 0 Å². The van der Waals surface area contributed by atoms with Crippen LogP contribution in [0.15, 0.2) is 28.8 Å². The molecule has 2 aromatic rings. The molecule has 9 heteroatoms. The fourth-order valence-electron chi connectivity index (χ4n) is 2.32. The highest BCUT2D eigenvalue weighted by Gasteiger charge is 2.47. The zero-order valence-electron chi connectivity index (χ0n) is 11.7. The van der Waals surface area contributed by atoms with Crippen LogP contribution in [-0.2, 0) is 15.7 Å². The Bertz CT molecular complexity index is 791. The second kappa shape index (κ2) is 5.10. The third-order valence-electron chi connectivity index (χ3n) is 3.57. The molecule has 0 amide bonds. The lowest BCUT2D eigenvalue weighted by Crippen LogP contribution is -2.31. The quantitative estimate of drug-likeness (QED) is 0.857. The third-order valence-corrected chi connectivity index (χ3v) is 4.81. The molecule has 0 bridgehead atoms. The van der Waals surface area contributed by atoms with E-state index in [4.69, 9.17) is 4.52 Å². The zero-order chi connectivity index (χ0) is 16.0. The molecule has 6 nitrogen and oxygen atoms in total. The van der Waals surface area contributed by atoms with Crippen LogP contribution in [0.4, 0.5) is 8.78 Å². The Morgan fingerprint density at radius 2 is 2.00 bits per heavy atom. The molecule has 1 unspecified atom stereocenters. The molecule has 22 heavy (non-hydrogen) atoms. The van der Waals surface area contributed by atoms with Crippen LogP contribution in [0.2, 0.25) is 0 Å². The lowest BCUT2D eigenvalue weighted by molar-refractivity contribution is 0.127. The van der Waals surface area contributed by atoms with Crippen molar-refractivity contribution in [2.75, 3.05) is 19.3 Å². The van der Waals surface area contributed by atoms with Crippen molar-refractivity contribution in [3.8, 4) is 11.4 Å². The van der Waals surface area contributed by atoms with Gasteiger partial charge >= 0.3 is 0 Å². The topological polar surface area (TPSA) is 76.3 Å². The normalized spacial score (nSPS) is 23.0. The van der Waals surface area contributed by atoms with Crippen molar-refractivity contribution in [2.24, 2.45) is 0 Å². The van der Waals surface area contributed by atoms with Gasteiger partial charge in [-0.15, -0.1) is 0 Å². The predicted octanol–water partition coefficient (Wildman–Crippen LogP) is 1.71. The van der Waals surface area contributed by atoms with Crippen LogP contribution >= 0.6 is 0 Å². The molecule has 0 aliphatic carbocycles. The Balaban J connectivity index is 1.86. The van der Waals surface area contributed by atoms with E-state index in [-0.39, 0.29) is 31.2 Å². The minimum atomic E-state index is -3.47. The highest BCUT2D eigenvalue weighted by Crippen LogP contribution is 2.36. The molecule has 1 fully saturated rings. The first-order chi connectivity index (χ1) is 10.3. The fraction of sp³-hybridized carbons (Fsp3) is 0.385. The molecule has 0 radical (unpaired) electrons. The van der Waals surface area contributed by atoms with Gasteiger partial charge in [0.2, 0.25) is 21.5 Å². The summed E-state index contributed by atoms with van der Waals surface area (Å²) in [6, 6.07) is 5.37. The lowest BCUT2D eigenvalue weighted by Gasteiger charge is -2.15. The Labute approximate surface area is 125 Å². The Hall–Kier alpha value is -1.87. The molecular weight excluding hydrogens is 316 g/mol. The van der Waals surface area contributed by atoms with E-state index in [0.717, 1.165) is 10.6 Å². The van der Waals surface area contributed by atoms with Crippen molar-refractivity contribution >= 4 is 10.0 Å². The molecule has 1 aromatic carbocycles. The third kappa shape index (κ3) is 2.73. The number of nitrogens with zero attached hydrogens (tertiary/aromatic N) is 3. The standard InChI is InChI=1S/C13H13F2N3O3S/c1-22(19,20)18-7-6-13(15,8-18)12-16-11(17-21-12)9-2-4-10(14)5-3-9/h2-5H,6-8H2,1H3. The van der Waals surface area contributed by atoms with Gasteiger partial charge in [0.25, 0.3) is 5.89 Å². The molecule has 0 N–H and O–H groups in total. The van der Waals surface area contributed by atoms with Crippen molar-refractivity contribution in [1.29, 1.82) is 0 Å². The second-order valence-electron chi connectivity index (χ2n) is 5.24. The Morgan fingerprint density at radius 3 is 2.59 bits per heavy atom. The fourth-order valence-corrected chi connectivity index (χ4v) is 3.18. The van der Waals surface area contributed by atoms with Gasteiger partial charge in [-0.25, -0.2) is 17.2 Å². The first-order valence-electron chi connectivity index (χ1n) is 6.52. The Morgan fingerprint density at radius 1 is 1.32 bits per heavy atom. The van der Waals surface area contributed by atoms with Crippen molar-refractivity contribution in [3.63, 3.8) is 0 Å². The summed E-state index contributed by atoms with van der Waals surface area (Å²) in [4.78, 5) is 3.98. The van der Waals surface area contributed by atoms with Crippen LogP contribution in [0.1, 0.15) is 12.3 Å². The van der Waals surface area contributed by atoms with E-state index in [2.05, 4.69) is 10.1 Å². The molecule has 0 saturated carbocycles. The van der Waals surface area contributed by atoms with Crippen LogP contribution < -0.4 is 0 Å². The van der Waals surface area contributed by atoms with Crippen molar-refractivity contribution in [2.45, 2.75) is 12.1 Å². The number of sulfonamides is 1. The largest absolute Gasteiger partial charge is 0.335 e. The maximum atomic E-state index is 14.9. The highest BCUT2D eigenvalue weighted by atomic mass is 32.2. The van der Waals surface area contributed by atoms with Crippen LogP contribution in [-0.4, -0.2) is 42.2 Å². The molecule has 1 aromatic heterocycles. The summed E-state index contributed by atoms with van der Waals surface area (Å²) in [6.45, 7) is -0.291. The first kappa shape index (κ1) is 15.0. The van der Waals surface area contributed by atoms with Gasteiger partial charge in [-0.3, -0.25) is 0 Å². The number of alkyl halides is 1. The van der Waals surface area contributed by atoms with E-state index in [1.165, 1.54) is 24.3 Å². The van der Waals surface area contributed by atoms with Crippen molar-refractivity contribution in [1.82, 2.24) is 14.4 Å². The van der Waals surface area contributed by atoms with Gasteiger partial charge in [-0.2, -0.15) is 9.29 Å². The van der Waals surface area contributed by atoms with E-state index in [9.17, 15) is 17.2 Å². The average Bonchev–Trinajstić information content (AvgIpc) is 3.06. The minimum absolute atomic E-state index is 0.0505. The lowest BCUT2D eigenvalue weighted by atomic mass is 10.1. The van der Waals surface area contributed by atoms with Gasteiger partial charge in [0.15, 0.2) is 0 Å². The van der Waals surface area contributed by atoms with Gasteiger partial charge < -0.3 is 4.52 Å². The van der Waals surface area contributed by atoms with E-state index in [0.29, 0.717) is 5.56 Å². The molecule has 1 saturated heterocycles. The van der Waals surface area contributed by atoms with Crippen LogP contribution in [0, 0.1) is 5.82 Å². The smallest absolute Gasteiger partial charge is 0.266 e. The summed E-state index contributed by atoms with van der Waals surface area (Å²) < 4.78 is 56.7. The summed E-state index contributed by atoms with van der Waals surface area (Å²) >= 11 is 0. The summed E-state index contributed by atoms with van der Waals surface area (Å²) in [6.07, 6.45) is 0.974. The number of rotatable bonds is 3. The summed E-state index contributed by atoms with van der Waals surface area (Å²) in [5.74, 6) is -0.545. The highest BCUT2D eigenvalue weighted by molar-refractivity contribution is 7.88. The van der Waals surface area contributed by atoms with E-state index < -0.39 is 21.5 Å². The number of halogens is 2. The molecule has 2 heterocycles. The van der Waals surface area contributed by atoms with Gasteiger partial charge in [0.1, 0.15) is 5.82 Å². The van der Waals surface area contributed by atoms with Crippen LogP contribution in [0.25, 0.3) is 11.4 Å². The van der Waals surface area contributed by atoms with Crippen molar-refractivity contribution in [3.05, 3.63) is 36.0 Å². The molecule has 118 valence electrons. The second-order valence-corrected chi connectivity index (χ2v) is 7.22. The molecular formula is C13H13F2N3O3S. The van der Waals surface area contributed by atoms with Gasteiger partial charge in [0, 0.05) is 18.5 Å². The maximum absolute atomic E-state index is 14.9. The number of hydrogen-bond donors (Lipinski definition) is 0.